The Kier molecular flexibility index (Phi) is 3.26. The van der Waals surface area contributed by atoms with Gasteiger partial charge in [-0.2, -0.15) is 0 Å². The van der Waals surface area contributed by atoms with Gasteiger partial charge < -0.3 is 10.6 Å². The number of hydrogen-bond donors (Lipinski definition) is 1. The van der Waals surface area contributed by atoms with Crippen molar-refractivity contribution in [3.05, 3.63) is 41.5 Å². The first kappa shape index (κ1) is 12.8. The summed E-state index contributed by atoms with van der Waals surface area (Å²) in [6.07, 6.45) is 2.65. The Hall–Kier alpha value is -2.17. The average molecular weight is 272 g/mol. The summed E-state index contributed by atoms with van der Waals surface area (Å²) >= 11 is 0. The molecular formula is C15H17FN4. The third-order valence-electron chi connectivity index (χ3n) is 3.47. The topological polar surface area (TPSA) is 55.0 Å². The predicted molar refractivity (Wildman–Crippen MR) is 77.5 cm³/mol. The standard InChI is InChI=1S/C15H17FN4/c1-2-3-14-18-13(17)9-15(19-14)20-7-6-10-4-5-11(16)8-12(10)20/h4-5,8-9H,2-3,6-7H2,1H3,(H2,17,18,19). The van der Waals surface area contributed by atoms with Crippen molar-refractivity contribution >= 4 is 17.3 Å². The Morgan fingerprint density at radius 2 is 2.15 bits per heavy atom. The second kappa shape index (κ2) is 5.07. The Morgan fingerprint density at radius 1 is 1.30 bits per heavy atom. The van der Waals surface area contributed by atoms with Gasteiger partial charge in [-0.05, 0) is 30.5 Å². The highest BCUT2D eigenvalue weighted by atomic mass is 19.1. The van der Waals surface area contributed by atoms with Crippen molar-refractivity contribution in [1.29, 1.82) is 0 Å². The van der Waals surface area contributed by atoms with Crippen molar-refractivity contribution in [2.45, 2.75) is 26.2 Å². The molecule has 1 aliphatic rings. The zero-order valence-corrected chi connectivity index (χ0v) is 11.4. The molecule has 0 aliphatic carbocycles. The fourth-order valence-corrected chi connectivity index (χ4v) is 2.57. The minimum Gasteiger partial charge on any atom is -0.384 e. The molecule has 1 aromatic heterocycles. The second-order valence-electron chi connectivity index (χ2n) is 4.99. The summed E-state index contributed by atoms with van der Waals surface area (Å²) in [5, 5.41) is 0. The lowest BCUT2D eigenvalue weighted by atomic mass is 10.2. The number of nitrogens with two attached hydrogens (primary N) is 1. The first-order valence-corrected chi connectivity index (χ1v) is 6.87. The van der Waals surface area contributed by atoms with Gasteiger partial charge in [0.15, 0.2) is 0 Å². The molecule has 4 nitrogen and oxygen atoms in total. The summed E-state index contributed by atoms with van der Waals surface area (Å²) in [5.41, 5.74) is 7.87. The quantitative estimate of drug-likeness (QED) is 0.933. The van der Waals surface area contributed by atoms with E-state index >= 15 is 0 Å². The number of nitrogen functional groups attached to an aromatic ring is 1. The van der Waals surface area contributed by atoms with Gasteiger partial charge >= 0.3 is 0 Å². The van der Waals surface area contributed by atoms with E-state index < -0.39 is 0 Å². The highest BCUT2D eigenvalue weighted by molar-refractivity contribution is 5.68. The summed E-state index contributed by atoms with van der Waals surface area (Å²) in [5.74, 6) is 1.73. The van der Waals surface area contributed by atoms with E-state index in [2.05, 4.69) is 16.9 Å². The summed E-state index contributed by atoms with van der Waals surface area (Å²) in [7, 11) is 0. The van der Waals surface area contributed by atoms with Crippen LogP contribution in [0.4, 0.5) is 21.7 Å². The number of benzene rings is 1. The van der Waals surface area contributed by atoms with Crippen molar-refractivity contribution in [1.82, 2.24) is 9.97 Å². The van der Waals surface area contributed by atoms with Crippen molar-refractivity contribution in [3.8, 4) is 0 Å². The lowest BCUT2D eigenvalue weighted by Crippen LogP contribution is -2.16. The van der Waals surface area contributed by atoms with Crippen LogP contribution in [-0.4, -0.2) is 16.5 Å². The van der Waals surface area contributed by atoms with Crippen LogP contribution in [0.3, 0.4) is 0 Å². The van der Waals surface area contributed by atoms with Gasteiger partial charge in [-0.3, -0.25) is 0 Å². The molecule has 0 atom stereocenters. The molecule has 0 bridgehead atoms. The van der Waals surface area contributed by atoms with Crippen LogP contribution < -0.4 is 10.6 Å². The van der Waals surface area contributed by atoms with Crippen LogP contribution in [-0.2, 0) is 12.8 Å². The van der Waals surface area contributed by atoms with Gasteiger partial charge in [-0.1, -0.05) is 13.0 Å². The molecule has 2 N–H and O–H groups in total. The maximum atomic E-state index is 13.4. The maximum absolute atomic E-state index is 13.4. The fourth-order valence-electron chi connectivity index (χ4n) is 2.57. The smallest absolute Gasteiger partial charge is 0.138 e. The number of hydrogen-bond acceptors (Lipinski definition) is 4. The molecule has 0 radical (unpaired) electrons. The number of aryl methyl sites for hydroxylation is 1. The van der Waals surface area contributed by atoms with Crippen LogP contribution >= 0.6 is 0 Å². The Labute approximate surface area is 117 Å². The molecule has 0 unspecified atom stereocenters. The Balaban J connectivity index is 2.01. The van der Waals surface area contributed by atoms with E-state index in [1.165, 1.54) is 6.07 Å². The van der Waals surface area contributed by atoms with Crippen molar-refractivity contribution in [3.63, 3.8) is 0 Å². The van der Waals surface area contributed by atoms with E-state index in [4.69, 9.17) is 5.73 Å². The Morgan fingerprint density at radius 3 is 2.95 bits per heavy atom. The minimum atomic E-state index is -0.230. The largest absolute Gasteiger partial charge is 0.384 e. The number of aromatic nitrogens is 2. The molecule has 0 spiro atoms. The number of halogens is 1. The monoisotopic (exact) mass is 272 g/mol. The van der Waals surface area contributed by atoms with Gasteiger partial charge in [-0.15, -0.1) is 0 Å². The summed E-state index contributed by atoms with van der Waals surface area (Å²) in [4.78, 5) is 10.8. The van der Waals surface area contributed by atoms with Crippen LogP contribution in [0.1, 0.15) is 24.7 Å². The molecule has 0 fully saturated rings. The van der Waals surface area contributed by atoms with Gasteiger partial charge in [0.2, 0.25) is 0 Å². The lowest BCUT2D eigenvalue weighted by molar-refractivity contribution is 0.628. The van der Waals surface area contributed by atoms with Crippen molar-refractivity contribution in [2.24, 2.45) is 0 Å². The zero-order chi connectivity index (χ0) is 14.1. The molecule has 0 saturated carbocycles. The van der Waals surface area contributed by atoms with E-state index in [9.17, 15) is 4.39 Å². The number of rotatable bonds is 3. The SMILES string of the molecule is CCCc1nc(N)cc(N2CCc3ccc(F)cc32)n1. The molecule has 5 heteroatoms. The molecule has 1 aliphatic heterocycles. The van der Waals surface area contributed by atoms with E-state index in [1.807, 2.05) is 11.0 Å². The fraction of sp³-hybridized carbons (Fsp3) is 0.333. The number of fused-ring (bicyclic) bond motifs is 1. The second-order valence-corrected chi connectivity index (χ2v) is 4.99. The highest BCUT2D eigenvalue weighted by Crippen LogP contribution is 2.34. The molecule has 2 aromatic rings. The molecule has 2 heterocycles. The normalized spacial score (nSPS) is 13.6. The lowest BCUT2D eigenvalue weighted by Gasteiger charge is -2.19. The van der Waals surface area contributed by atoms with Crippen molar-refractivity contribution < 1.29 is 4.39 Å². The van der Waals surface area contributed by atoms with Gasteiger partial charge in [0.25, 0.3) is 0 Å². The van der Waals surface area contributed by atoms with Crippen LogP contribution in [0.2, 0.25) is 0 Å². The molecule has 20 heavy (non-hydrogen) atoms. The minimum absolute atomic E-state index is 0.230. The third-order valence-corrected chi connectivity index (χ3v) is 3.47. The first-order chi connectivity index (χ1) is 9.67. The van der Waals surface area contributed by atoms with Crippen LogP contribution in [0.5, 0.6) is 0 Å². The van der Waals surface area contributed by atoms with Gasteiger partial charge in [0.05, 0.1) is 0 Å². The first-order valence-electron chi connectivity index (χ1n) is 6.87. The summed E-state index contributed by atoms with van der Waals surface area (Å²) < 4.78 is 13.4. The van der Waals surface area contributed by atoms with E-state index in [-0.39, 0.29) is 5.82 Å². The summed E-state index contributed by atoms with van der Waals surface area (Å²) in [6.45, 7) is 2.87. The Bertz CT molecular complexity index is 642. The number of nitrogens with zero attached hydrogens (tertiary/aromatic N) is 3. The van der Waals surface area contributed by atoms with Crippen LogP contribution in [0.15, 0.2) is 24.3 Å². The maximum Gasteiger partial charge on any atom is 0.138 e. The molecule has 1 aromatic carbocycles. The van der Waals surface area contributed by atoms with E-state index in [0.717, 1.165) is 48.7 Å². The van der Waals surface area contributed by atoms with Gasteiger partial charge in [0.1, 0.15) is 23.3 Å². The van der Waals surface area contributed by atoms with E-state index in [0.29, 0.717) is 5.82 Å². The molecule has 104 valence electrons. The highest BCUT2D eigenvalue weighted by Gasteiger charge is 2.22. The van der Waals surface area contributed by atoms with Crippen LogP contribution in [0, 0.1) is 5.82 Å². The zero-order valence-electron chi connectivity index (χ0n) is 11.4. The molecule has 0 saturated heterocycles. The van der Waals surface area contributed by atoms with Crippen molar-refractivity contribution in [2.75, 3.05) is 17.2 Å². The van der Waals surface area contributed by atoms with Gasteiger partial charge in [0, 0.05) is 24.7 Å². The number of anilines is 3. The molecule has 0 amide bonds. The summed E-state index contributed by atoms with van der Waals surface area (Å²) in [6, 6.07) is 6.64. The van der Waals surface area contributed by atoms with E-state index in [1.54, 1.807) is 12.1 Å². The predicted octanol–water partition coefficient (Wildman–Crippen LogP) is 2.84. The van der Waals surface area contributed by atoms with Gasteiger partial charge in [-0.25, -0.2) is 14.4 Å². The molecule has 3 rings (SSSR count). The average Bonchev–Trinajstić information content (AvgIpc) is 2.81. The molecular weight excluding hydrogens is 255 g/mol. The third kappa shape index (κ3) is 2.31. The van der Waals surface area contributed by atoms with Crippen LogP contribution in [0.25, 0.3) is 0 Å².